The van der Waals surface area contributed by atoms with Crippen LogP contribution in [0.15, 0.2) is 48.5 Å². The molecule has 0 atom stereocenters. The third kappa shape index (κ3) is 3.60. The van der Waals surface area contributed by atoms with Crippen molar-refractivity contribution in [2.45, 2.75) is 18.3 Å². The van der Waals surface area contributed by atoms with Crippen molar-refractivity contribution in [3.8, 4) is 5.75 Å². The van der Waals surface area contributed by atoms with Crippen LogP contribution in [0.3, 0.4) is 0 Å². The van der Waals surface area contributed by atoms with Crippen LogP contribution in [-0.4, -0.2) is 32.3 Å². The zero-order valence-corrected chi connectivity index (χ0v) is 14.4. The second-order valence-corrected chi connectivity index (χ2v) is 6.11. The molecule has 0 saturated carbocycles. The Labute approximate surface area is 150 Å². The topological polar surface area (TPSA) is 61.8 Å². The molecule has 6 heteroatoms. The normalized spacial score (nSPS) is 15.9. The van der Waals surface area contributed by atoms with Gasteiger partial charge < -0.3 is 14.2 Å². The zero-order valence-electron chi connectivity index (χ0n) is 14.4. The predicted octanol–water partition coefficient (Wildman–Crippen LogP) is 3.27. The second kappa shape index (κ2) is 7.66. The standard InChI is InChI=1S/C20H19FO5/c1-24-18(22)14-2-8-17(9-3-14)26-19(23)20(10-12-25-13-11-20)15-4-6-16(21)7-5-15/h2-9H,10-13H2,1H3. The molecule has 0 spiro atoms. The minimum absolute atomic E-state index is 0.329. The highest BCUT2D eigenvalue weighted by molar-refractivity contribution is 5.90. The van der Waals surface area contributed by atoms with E-state index in [1.165, 1.54) is 31.4 Å². The highest BCUT2D eigenvalue weighted by Gasteiger charge is 2.43. The van der Waals surface area contributed by atoms with Gasteiger partial charge in [0, 0.05) is 13.2 Å². The fourth-order valence-corrected chi connectivity index (χ4v) is 3.08. The minimum atomic E-state index is -0.882. The van der Waals surface area contributed by atoms with Crippen LogP contribution in [0.5, 0.6) is 5.75 Å². The van der Waals surface area contributed by atoms with E-state index in [4.69, 9.17) is 9.47 Å². The van der Waals surface area contributed by atoms with Crippen LogP contribution >= 0.6 is 0 Å². The maximum Gasteiger partial charge on any atom is 0.337 e. The fraction of sp³-hybridized carbons (Fsp3) is 0.300. The van der Waals surface area contributed by atoms with Crippen LogP contribution in [0.4, 0.5) is 4.39 Å². The lowest BCUT2D eigenvalue weighted by Gasteiger charge is -2.35. The van der Waals surface area contributed by atoms with Crippen LogP contribution in [0, 0.1) is 5.82 Å². The molecule has 0 aliphatic carbocycles. The molecule has 1 aliphatic rings. The first-order valence-corrected chi connectivity index (χ1v) is 8.30. The van der Waals surface area contributed by atoms with Crippen molar-refractivity contribution in [2.24, 2.45) is 0 Å². The monoisotopic (exact) mass is 358 g/mol. The molecule has 0 aromatic heterocycles. The van der Waals surface area contributed by atoms with Crippen LogP contribution in [0.25, 0.3) is 0 Å². The summed E-state index contributed by atoms with van der Waals surface area (Å²) in [6.45, 7) is 0.849. The lowest BCUT2D eigenvalue weighted by atomic mass is 9.74. The summed E-state index contributed by atoms with van der Waals surface area (Å²) in [5.41, 5.74) is 0.192. The second-order valence-electron chi connectivity index (χ2n) is 6.11. The van der Waals surface area contributed by atoms with Gasteiger partial charge in [0.1, 0.15) is 11.6 Å². The molecule has 3 rings (SSSR count). The Hall–Kier alpha value is -2.73. The van der Waals surface area contributed by atoms with Crippen molar-refractivity contribution in [1.82, 2.24) is 0 Å². The van der Waals surface area contributed by atoms with Crippen molar-refractivity contribution in [1.29, 1.82) is 0 Å². The number of carbonyl (C=O) groups excluding carboxylic acids is 2. The minimum Gasteiger partial charge on any atom is -0.465 e. The number of esters is 2. The molecule has 0 N–H and O–H groups in total. The van der Waals surface area contributed by atoms with E-state index in [9.17, 15) is 14.0 Å². The Morgan fingerprint density at radius 2 is 1.62 bits per heavy atom. The van der Waals surface area contributed by atoms with Gasteiger partial charge >= 0.3 is 11.9 Å². The lowest BCUT2D eigenvalue weighted by Crippen LogP contribution is -2.44. The molecule has 1 fully saturated rings. The van der Waals surface area contributed by atoms with Crippen LogP contribution < -0.4 is 4.74 Å². The molecular weight excluding hydrogens is 339 g/mol. The Morgan fingerprint density at radius 1 is 1.00 bits per heavy atom. The van der Waals surface area contributed by atoms with Gasteiger partial charge in [0.25, 0.3) is 0 Å². The summed E-state index contributed by atoms with van der Waals surface area (Å²) in [6, 6.07) is 12.1. The molecule has 0 amide bonds. The Morgan fingerprint density at radius 3 is 2.19 bits per heavy atom. The van der Waals surface area contributed by atoms with Gasteiger partial charge in [-0.3, -0.25) is 4.79 Å². The maximum atomic E-state index is 13.3. The molecule has 0 radical (unpaired) electrons. The van der Waals surface area contributed by atoms with Crippen LogP contribution in [0.1, 0.15) is 28.8 Å². The maximum absolute atomic E-state index is 13.3. The van der Waals surface area contributed by atoms with E-state index in [-0.39, 0.29) is 5.82 Å². The summed E-state index contributed by atoms with van der Waals surface area (Å²) in [5.74, 6) is -0.910. The highest BCUT2D eigenvalue weighted by atomic mass is 19.1. The number of hydrogen-bond acceptors (Lipinski definition) is 5. The SMILES string of the molecule is COC(=O)c1ccc(OC(=O)C2(c3ccc(F)cc3)CCOCC2)cc1. The van der Waals surface area contributed by atoms with E-state index in [0.717, 1.165) is 0 Å². The third-order valence-electron chi connectivity index (χ3n) is 4.62. The molecule has 1 heterocycles. The number of methoxy groups -OCH3 is 1. The van der Waals surface area contributed by atoms with Gasteiger partial charge in [-0.25, -0.2) is 9.18 Å². The first-order valence-electron chi connectivity index (χ1n) is 8.30. The smallest absolute Gasteiger partial charge is 0.337 e. The van der Waals surface area contributed by atoms with Crippen molar-refractivity contribution in [3.63, 3.8) is 0 Å². The largest absolute Gasteiger partial charge is 0.465 e. The molecule has 136 valence electrons. The van der Waals surface area contributed by atoms with Gasteiger partial charge in [-0.05, 0) is 54.8 Å². The van der Waals surface area contributed by atoms with Gasteiger partial charge in [-0.2, -0.15) is 0 Å². The third-order valence-corrected chi connectivity index (χ3v) is 4.62. The first-order chi connectivity index (χ1) is 12.5. The molecule has 2 aromatic rings. The van der Waals surface area contributed by atoms with E-state index < -0.39 is 17.4 Å². The molecule has 1 saturated heterocycles. The summed E-state index contributed by atoms with van der Waals surface area (Å²) in [5, 5.41) is 0. The quantitative estimate of drug-likeness (QED) is 0.620. The predicted molar refractivity (Wildman–Crippen MR) is 91.5 cm³/mol. The fourth-order valence-electron chi connectivity index (χ4n) is 3.08. The van der Waals surface area contributed by atoms with E-state index >= 15 is 0 Å². The van der Waals surface area contributed by atoms with Gasteiger partial charge in [0.05, 0.1) is 18.1 Å². The van der Waals surface area contributed by atoms with Gasteiger partial charge in [0.2, 0.25) is 0 Å². The number of benzene rings is 2. The van der Waals surface area contributed by atoms with Crippen molar-refractivity contribution < 1.29 is 28.2 Å². The molecular formula is C20H19FO5. The molecule has 5 nitrogen and oxygen atoms in total. The van der Waals surface area contributed by atoms with E-state index in [0.29, 0.717) is 42.9 Å². The van der Waals surface area contributed by atoms with Crippen LogP contribution in [0.2, 0.25) is 0 Å². The summed E-state index contributed by atoms with van der Waals surface area (Å²) in [6.07, 6.45) is 0.912. The summed E-state index contributed by atoms with van der Waals surface area (Å²) < 4.78 is 28.9. The zero-order chi connectivity index (χ0) is 18.6. The Kier molecular flexibility index (Phi) is 5.32. The van der Waals surface area contributed by atoms with Gasteiger partial charge in [-0.1, -0.05) is 12.1 Å². The Bertz CT molecular complexity index is 777. The van der Waals surface area contributed by atoms with E-state index in [2.05, 4.69) is 4.74 Å². The molecule has 1 aliphatic heterocycles. The average molecular weight is 358 g/mol. The summed E-state index contributed by atoms with van der Waals surface area (Å²) >= 11 is 0. The number of ether oxygens (including phenoxy) is 3. The highest BCUT2D eigenvalue weighted by Crippen LogP contribution is 2.36. The average Bonchev–Trinajstić information content (AvgIpc) is 2.69. The van der Waals surface area contributed by atoms with Gasteiger partial charge in [0.15, 0.2) is 0 Å². The summed E-state index contributed by atoms with van der Waals surface area (Å²) in [7, 11) is 1.30. The molecule has 2 aromatic carbocycles. The van der Waals surface area contributed by atoms with Crippen molar-refractivity contribution in [3.05, 3.63) is 65.5 Å². The number of rotatable bonds is 4. The van der Waals surface area contributed by atoms with E-state index in [1.807, 2.05) is 0 Å². The summed E-state index contributed by atoms with van der Waals surface area (Å²) in [4.78, 5) is 24.5. The van der Waals surface area contributed by atoms with Crippen LogP contribution in [-0.2, 0) is 19.7 Å². The van der Waals surface area contributed by atoms with Crippen molar-refractivity contribution >= 4 is 11.9 Å². The number of hydrogen-bond donors (Lipinski definition) is 0. The molecule has 0 bridgehead atoms. The molecule has 26 heavy (non-hydrogen) atoms. The number of carbonyl (C=O) groups is 2. The van der Waals surface area contributed by atoms with Crippen molar-refractivity contribution in [2.75, 3.05) is 20.3 Å². The Balaban J connectivity index is 1.84. The van der Waals surface area contributed by atoms with E-state index in [1.54, 1.807) is 24.3 Å². The number of halogens is 1. The first kappa shape index (κ1) is 18.1. The lowest BCUT2D eigenvalue weighted by molar-refractivity contribution is -0.145. The molecule has 0 unspecified atom stereocenters. The van der Waals surface area contributed by atoms with Gasteiger partial charge in [-0.15, -0.1) is 0 Å².